The van der Waals surface area contributed by atoms with Crippen molar-refractivity contribution in [2.45, 2.75) is 13.5 Å². The summed E-state index contributed by atoms with van der Waals surface area (Å²) < 4.78 is 44.5. The number of nitrogens with one attached hydrogen (secondary N) is 2. The average molecular weight is 428 g/mol. The van der Waals surface area contributed by atoms with Gasteiger partial charge in [-0.2, -0.15) is 0 Å². The van der Waals surface area contributed by atoms with Crippen molar-refractivity contribution in [2.75, 3.05) is 16.3 Å². The molecule has 2 N–H and O–H groups in total. The van der Waals surface area contributed by atoms with E-state index in [0.29, 0.717) is 17.9 Å². The third-order valence-electron chi connectivity index (χ3n) is 4.13. The summed E-state index contributed by atoms with van der Waals surface area (Å²) in [5.41, 5.74) is 2.37. The van der Waals surface area contributed by atoms with E-state index in [4.69, 9.17) is 4.74 Å². The van der Waals surface area contributed by atoms with Crippen LogP contribution in [0, 0.1) is 12.7 Å². The van der Waals surface area contributed by atoms with E-state index in [1.54, 1.807) is 24.3 Å². The molecule has 3 aromatic rings. The van der Waals surface area contributed by atoms with Crippen LogP contribution in [-0.4, -0.2) is 20.6 Å². The molecule has 6 nitrogen and oxygen atoms in total. The van der Waals surface area contributed by atoms with Crippen molar-refractivity contribution < 1.29 is 22.3 Å². The number of amides is 1. The molecule has 3 aromatic carbocycles. The van der Waals surface area contributed by atoms with Crippen molar-refractivity contribution in [1.29, 1.82) is 0 Å². The molecular formula is C22H21FN2O4S. The summed E-state index contributed by atoms with van der Waals surface area (Å²) in [4.78, 5) is 12.8. The summed E-state index contributed by atoms with van der Waals surface area (Å²) in [5, 5.41) is 2.64. The third kappa shape index (κ3) is 5.81. The van der Waals surface area contributed by atoms with E-state index in [9.17, 15) is 17.6 Å². The summed E-state index contributed by atoms with van der Waals surface area (Å²) >= 11 is 0. The summed E-state index contributed by atoms with van der Waals surface area (Å²) in [5.74, 6) is -0.819. The number of benzene rings is 3. The van der Waals surface area contributed by atoms with Crippen LogP contribution in [0.1, 0.15) is 21.5 Å². The summed E-state index contributed by atoms with van der Waals surface area (Å²) in [7, 11) is -3.66. The number of carbonyl (C=O) groups excluding carboxylic acids is 1. The fourth-order valence-corrected chi connectivity index (χ4v) is 3.38. The smallest absolute Gasteiger partial charge is 0.259 e. The molecule has 0 atom stereocenters. The van der Waals surface area contributed by atoms with Gasteiger partial charge in [-0.3, -0.25) is 9.52 Å². The van der Waals surface area contributed by atoms with Crippen LogP contribution in [-0.2, 0) is 16.6 Å². The summed E-state index contributed by atoms with van der Waals surface area (Å²) in [6.45, 7) is 2.28. The molecule has 0 spiro atoms. The lowest BCUT2D eigenvalue weighted by Gasteiger charge is -2.13. The van der Waals surface area contributed by atoms with Crippen LogP contribution >= 0.6 is 0 Å². The Kier molecular flexibility index (Phi) is 6.37. The molecule has 156 valence electrons. The van der Waals surface area contributed by atoms with Gasteiger partial charge in [0.15, 0.2) is 0 Å². The van der Waals surface area contributed by atoms with Crippen molar-refractivity contribution in [3.63, 3.8) is 0 Å². The molecule has 0 unspecified atom stereocenters. The molecule has 0 radical (unpaired) electrons. The first-order valence-electron chi connectivity index (χ1n) is 9.07. The van der Waals surface area contributed by atoms with Crippen LogP contribution < -0.4 is 14.8 Å². The molecule has 0 saturated carbocycles. The summed E-state index contributed by atoms with van der Waals surface area (Å²) in [6.07, 6.45) is 0.916. The predicted octanol–water partition coefficient (Wildman–Crippen LogP) is 4.34. The first-order valence-corrected chi connectivity index (χ1v) is 11.0. The van der Waals surface area contributed by atoms with E-state index >= 15 is 0 Å². The number of sulfonamides is 1. The Bertz CT molecular complexity index is 1180. The fourth-order valence-electron chi connectivity index (χ4n) is 2.82. The molecule has 0 aliphatic heterocycles. The lowest BCUT2D eigenvalue weighted by atomic mass is 10.1. The van der Waals surface area contributed by atoms with Crippen LogP contribution in [0.2, 0.25) is 0 Å². The Morgan fingerprint density at radius 2 is 1.80 bits per heavy atom. The van der Waals surface area contributed by atoms with E-state index in [0.717, 1.165) is 23.4 Å². The minimum absolute atomic E-state index is 0.237. The molecule has 30 heavy (non-hydrogen) atoms. The van der Waals surface area contributed by atoms with Crippen LogP contribution in [0.15, 0.2) is 66.7 Å². The van der Waals surface area contributed by atoms with Crippen LogP contribution in [0.5, 0.6) is 5.75 Å². The van der Waals surface area contributed by atoms with E-state index in [-0.39, 0.29) is 11.4 Å². The molecule has 0 aliphatic rings. The predicted molar refractivity (Wildman–Crippen MR) is 115 cm³/mol. The zero-order chi connectivity index (χ0) is 21.7. The average Bonchev–Trinajstić information content (AvgIpc) is 2.68. The first-order chi connectivity index (χ1) is 14.2. The minimum atomic E-state index is -3.66. The van der Waals surface area contributed by atoms with Gasteiger partial charge in [0.25, 0.3) is 5.91 Å². The highest BCUT2D eigenvalue weighted by molar-refractivity contribution is 7.92. The van der Waals surface area contributed by atoms with Crippen molar-refractivity contribution in [1.82, 2.24) is 0 Å². The van der Waals surface area contributed by atoms with Crippen molar-refractivity contribution >= 4 is 27.3 Å². The Morgan fingerprint density at radius 1 is 1.03 bits per heavy atom. The highest BCUT2D eigenvalue weighted by Gasteiger charge is 2.15. The standard InChI is InChI=1S/C22H21FN2O4S/c1-15-6-5-7-16(12-15)14-29-21-9-4-3-8-18(21)22(26)24-17-10-11-19(23)20(13-17)25-30(2,27)28/h3-13,25H,14H2,1-2H3,(H,24,26). The number of aryl methyl sites for hydroxylation is 1. The zero-order valence-electron chi connectivity index (χ0n) is 16.5. The number of hydrogen-bond donors (Lipinski definition) is 2. The van der Waals surface area contributed by atoms with Gasteiger partial charge in [0.1, 0.15) is 18.2 Å². The molecule has 0 aromatic heterocycles. The van der Waals surface area contributed by atoms with E-state index in [1.807, 2.05) is 31.2 Å². The Labute approximate surface area is 174 Å². The van der Waals surface area contributed by atoms with Gasteiger partial charge in [-0.15, -0.1) is 0 Å². The third-order valence-corrected chi connectivity index (χ3v) is 4.72. The number of anilines is 2. The quantitative estimate of drug-likeness (QED) is 0.586. The van der Waals surface area contributed by atoms with Crippen molar-refractivity contribution in [3.05, 3.63) is 89.2 Å². The second-order valence-electron chi connectivity index (χ2n) is 6.80. The monoisotopic (exact) mass is 428 g/mol. The van der Waals surface area contributed by atoms with Crippen LogP contribution in [0.4, 0.5) is 15.8 Å². The number of ether oxygens (including phenoxy) is 1. The Morgan fingerprint density at radius 3 is 2.53 bits per heavy atom. The molecule has 0 bridgehead atoms. The zero-order valence-corrected chi connectivity index (χ0v) is 17.3. The fraction of sp³-hybridized carbons (Fsp3) is 0.136. The second kappa shape index (κ2) is 8.96. The van der Waals surface area contributed by atoms with Gasteiger partial charge in [-0.25, -0.2) is 12.8 Å². The molecular weight excluding hydrogens is 407 g/mol. The Hall–Kier alpha value is -3.39. The largest absolute Gasteiger partial charge is 0.488 e. The molecule has 0 saturated heterocycles. The second-order valence-corrected chi connectivity index (χ2v) is 8.55. The van der Waals surface area contributed by atoms with Crippen LogP contribution in [0.25, 0.3) is 0 Å². The maximum atomic E-state index is 13.9. The minimum Gasteiger partial charge on any atom is -0.488 e. The van der Waals surface area contributed by atoms with Gasteiger partial charge < -0.3 is 10.1 Å². The van der Waals surface area contributed by atoms with E-state index < -0.39 is 21.7 Å². The highest BCUT2D eigenvalue weighted by atomic mass is 32.2. The highest BCUT2D eigenvalue weighted by Crippen LogP contribution is 2.24. The van der Waals surface area contributed by atoms with Gasteiger partial charge in [-0.05, 0) is 42.8 Å². The molecule has 0 heterocycles. The van der Waals surface area contributed by atoms with Crippen molar-refractivity contribution in [2.24, 2.45) is 0 Å². The van der Waals surface area contributed by atoms with Gasteiger partial charge in [0, 0.05) is 5.69 Å². The SMILES string of the molecule is Cc1cccc(COc2ccccc2C(=O)Nc2ccc(F)c(NS(C)(=O)=O)c2)c1. The van der Waals surface area contributed by atoms with Gasteiger partial charge in [0.05, 0.1) is 17.5 Å². The van der Waals surface area contributed by atoms with Gasteiger partial charge >= 0.3 is 0 Å². The molecule has 0 aliphatic carbocycles. The maximum Gasteiger partial charge on any atom is 0.259 e. The van der Waals surface area contributed by atoms with E-state index in [1.165, 1.54) is 12.1 Å². The molecule has 0 fully saturated rings. The topological polar surface area (TPSA) is 84.5 Å². The van der Waals surface area contributed by atoms with Crippen molar-refractivity contribution in [3.8, 4) is 5.75 Å². The number of para-hydroxylation sites is 1. The molecule has 3 rings (SSSR count). The Balaban J connectivity index is 1.77. The lowest BCUT2D eigenvalue weighted by Crippen LogP contribution is -2.15. The molecule has 8 heteroatoms. The number of hydrogen-bond acceptors (Lipinski definition) is 4. The van der Waals surface area contributed by atoms with Crippen LogP contribution in [0.3, 0.4) is 0 Å². The van der Waals surface area contributed by atoms with E-state index in [2.05, 4.69) is 10.0 Å². The maximum absolute atomic E-state index is 13.9. The van der Waals surface area contributed by atoms with Gasteiger partial charge in [-0.1, -0.05) is 42.0 Å². The number of halogens is 1. The summed E-state index contributed by atoms with van der Waals surface area (Å²) in [6, 6.07) is 18.2. The normalized spacial score (nSPS) is 11.0. The first kappa shape index (κ1) is 21.3. The molecule has 1 amide bonds. The lowest BCUT2D eigenvalue weighted by molar-refractivity contribution is 0.102. The number of rotatable bonds is 7. The van der Waals surface area contributed by atoms with Gasteiger partial charge in [0.2, 0.25) is 10.0 Å². The number of carbonyl (C=O) groups is 1.